The summed E-state index contributed by atoms with van der Waals surface area (Å²) in [6, 6.07) is 15.6. The molecule has 2 aromatic carbocycles. The summed E-state index contributed by atoms with van der Waals surface area (Å²) < 4.78 is 0. The smallest absolute Gasteiger partial charge is 0.320 e. The van der Waals surface area contributed by atoms with Crippen LogP contribution >= 0.6 is 0 Å². The summed E-state index contributed by atoms with van der Waals surface area (Å²) in [6.45, 7) is 4.16. The summed E-state index contributed by atoms with van der Waals surface area (Å²) in [5.74, 6) is 0.459. The van der Waals surface area contributed by atoms with Gasteiger partial charge in [0.2, 0.25) is 6.41 Å². The molecule has 3 amide bonds. The number of rotatable bonds is 6. The number of aromatic nitrogens is 2. The molecule has 8 nitrogen and oxygen atoms in total. The number of fused-ring (bicyclic) bond motifs is 1. The van der Waals surface area contributed by atoms with Crippen molar-refractivity contribution in [2.75, 3.05) is 36.3 Å². The quantitative estimate of drug-likeness (QED) is 0.388. The van der Waals surface area contributed by atoms with Gasteiger partial charge < -0.3 is 15.1 Å². The van der Waals surface area contributed by atoms with Crippen molar-refractivity contribution in [3.8, 4) is 11.1 Å². The number of para-hydroxylation sites is 1. The Morgan fingerprint density at radius 1 is 0.914 bits per heavy atom. The van der Waals surface area contributed by atoms with E-state index in [0.717, 1.165) is 50.9 Å². The van der Waals surface area contributed by atoms with Crippen LogP contribution in [0, 0.1) is 13.8 Å². The Hall–Kier alpha value is -4.46. The van der Waals surface area contributed by atoms with Crippen LogP contribution in [0.3, 0.4) is 0 Å². The maximum absolute atomic E-state index is 11.7. The molecular weight excluding hydrogens is 440 g/mol. The summed E-state index contributed by atoms with van der Waals surface area (Å²) in [6.07, 6.45) is 4.24. The van der Waals surface area contributed by atoms with Crippen molar-refractivity contribution in [2.24, 2.45) is 0 Å². The number of pyridine rings is 2. The summed E-state index contributed by atoms with van der Waals surface area (Å²) in [4.78, 5) is 36.0. The molecule has 0 atom stereocenters. The second-order valence-electron chi connectivity index (χ2n) is 8.38. The molecule has 0 saturated heterocycles. The lowest BCUT2D eigenvalue weighted by Crippen LogP contribution is -2.24. The Morgan fingerprint density at radius 3 is 2.26 bits per heavy atom. The van der Waals surface area contributed by atoms with Crippen molar-refractivity contribution >= 4 is 46.2 Å². The Kier molecular flexibility index (Phi) is 6.64. The minimum atomic E-state index is -0.326. The lowest BCUT2D eigenvalue weighted by atomic mass is 10.0. The molecule has 0 aliphatic carbocycles. The number of nitrogens with zero attached hydrogens (tertiary/aromatic N) is 4. The van der Waals surface area contributed by atoms with E-state index in [0.29, 0.717) is 11.5 Å². The number of hydrogen-bond acceptors (Lipinski definition) is 5. The maximum atomic E-state index is 11.7. The molecule has 4 aromatic rings. The highest BCUT2D eigenvalue weighted by molar-refractivity contribution is 6.04. The number of hydrogen-bond donors (Lipinski definition) is 2. The monoisotopic (exact) mass is 468 g/mol. The molecule has 0 aliphatic rings. The van der Waals surface area contributed by atoms with Crippen LogP contribution in [0.1, 0.15) is 11.1 Å². The van der Waals surface area contributed by atoms with E-state index in [1.165, 1.54) is 0 Å². The Labute approximate surface area is 204 Å². The van der Waals surface area contributed by atoms with Gasteiger partial charge in [0.1, 0.15) is 5.82 Å². The van der Waals surface area contributed by atoms with Gasteiger partial charge in [0.15, 0.2) is 0 Å². The molecule has 2 N–H and O–H groups in total. The first-order chi connectivity index (χ1) is 16.8. The van der Waals surface area contributed by atoms with Crippen molar-refractivity contribution in [2.45, 2.75) is 13.8 Å². The molecule has 0 unspecified atom stereocenters. The first-order valence-electron chi connectivity index (χ1n) is 11.2. The molecule has 178 valence electrons. The zero-order valence-electron chi connectivity index (χ0n) is 20.5. The predicted molar refractivity (Wildman–Crippen MR) is 141 cm³/mol. The van der Waals surface area contributed by atoms with Crippen LogP contribution in [-0.4, -0.2) is 43.6 Å². The van der Waals surface area contributed by atoms with E-state index in [1.54, 1.807) is 37.5 Å². The zero-order valence-corrected chi connectivity index (χ0v) is 20.5. The summed E-state index contributed by atoms with van der Waals surface area (Å²) in [5, 5.41) is 6.08. The fraction of sp³-hybridized carbons (Fsp3) is 0.185. The average molecular weight is 469 g/mol. The summed E-state index contributed by atoms with van der Waals surface area (Å²) in [5.41, 5.74) is 7.60. The Bertz CT molecular complexity index is 1380. The second kappa shape index (κ2) is 9.80. The van der Waals surface area contributed by atoms with E-state index in [2.05, 4.69) is 57.5 Å². The van der Waals surface area contributed by atoms with E-state index in [1.807, 2.05) is 31.3 Å². The summed E-state index contributed by atoms with van der Waals surface area (Å²) >= 11 is 0. The SMILES string of the molecule is CNC(=O)Nc1ccc(-c2ccc3ncc(N(C)C=O)c(N(C)c4c(C)cccc4C)c3c2)cn1. The van der Waals surface area contributed by atoms with E-state index in [-0.39, 0.29) is 6.03 Å². The first-order valence-corrected chi connectivity index (χ1v) is 11.2. The van der Waals surface area contributed by atoms with Crippen LogP contribution in [-0.2, 0) is 4.79 Å². The van der Waals surface area contributed by atoms with Crippen molar-refractivity contribution in [3.63, 3.8) is 0 Å². The highest BCUT2D eigenvalue weighted by atomic mass is 16.2. The van der Waals surface area contributed by atoms with E-state index >= 15 is 0 Å². The molecule has 2 aromatic heterocycles. The normalized spacial score (nSPS) is 10.7. The van der Waals surface area contributed by atoms with Crippen molar-refractivity contribution in [3.05, 3.63) is 72.1 Å². The van der Waals surface area contributed by atoms with Gasteiger partial charge in [0.05, 0.1) is 23.1 Å². The van der Waals surface area contributed by atoms with Gasteiger partial charge in [0.25, 0.3) is 0 Å². The molecular formula is C27H28N6O2. The number of carbonyl (C=O) groups is 2. The minimum Gasteiger partial charge on any atom is -0.342 e. The number of urea groups is 1. The molecule has 8 heteroatoms. The highest BCUT2D eigenvalue weighted by Crippen LogP contribution is 2.41. The Balaban J connectivity index is 1.88. The van der Waals surface area contributed by atoms with Gasteiger partial charge in [0, 0.05) is 44.0 Å². The molecule has 0 radical (unpaired) electrons. The van der Waals surface area contributed by atoms with Crippen molar-refractivity contribution in [1.82, 2.24) is 15.3 Å². The molecule has 0 bridgehead atoms. The van der Waals surface area contributed by atoms with Gasteiger partial charge in [-0.15, -0.1) is 0 Å². The fourth-order valence-corrected chi connectivity index (χ4v) is 4.28. The number of anilines is 4. The van der Waals surface area contributed by atoms with Crippen molar-refractivity contribution in [1.29, 1.82) is 0 Å². The number of nitrogens with one attached hydrogen (secondary N) is 2. The summed E-state index contributed by atoms with van der Waals surface area (Å²) in [7, 11) is 5.29. The van der Waals surface area contributed by atoms with Crippen molar-refractivity contribution < 1.29 is 9.59 Å². The molecule has 0 saturated carbocycles. The maximum Gasteiger partial charge on any atom is 0.320 e. The van der Waals surface area contributed by atoms with Crippen LogP contribution in [0.2, 0.25) is 0 Å². The number of carbonyl (C=O) groups excluding carboxylic acids is 2. The molecule has 0 aliphatic heterocycles. The lowest BCUT2D eigenvalue weighted by molar-refractivity contribution is -0.107. The second-order valence-corrected chi connectivity index (χ2v) is 8.38. The van der Waals surface area contributed by atoms with Crippen LogP contribution in [0.5, 0.6) is 0 Å². The van der Waals surface area contributed by atoms with Gasteiger partial charge in [-0.05, 0) is 54.8 Å². The number of aryl methyl sites for hydroxylation is 2. The molecule has 0 fully saturated rings. The van der Waals surface area contributed by atoms with Crippen LogP contribution in [0.25, 0.3) is 22.0 Å². The van der Waals surface area contributed by atoms with Gasteiger partial charge in [-0.1, -0.05) is 24.3 Å². The molecule has 4 rings (SSSR count). The van der Waals surface area contributed by atoms with Gasteiger partial charge in [-0.25, -0.2) is 9.78 Å². The molecule has 2 heterocycles. The third-order valence-electron chi connectivity index (χ3n) is 6.03. The average Bonchev–Trinajstić information content (AvgIpc) is 2.87. The van der Waals surface area contributed by atoms with Crippen LogP contribution in [0.15, 0.2) is 60.9 Å². The number of amides is 3. The predicted octanol–water partition coefficient (Wildman–Crippen LogP) is 5.03. The van der Waals surface area contributed by atoms with Crippen LogP contribution < -0.4 is 20.4 Å². The minimum absolute atomic E-state index is 0.326. The van der Waals surface area contributed by atoms with Gasteiger partial charge >= 0.3 is 6.03 Å². The van der Waals surface area contributed by atoms with Gasteiger partial charge in [-0.2, -0.15) is 0 Å². The third-order valence-corrected chi connectivity index (χ3v) is 6.03. The fourth-order valence-electron chi connectivity index (χ4n) is 4.28. The highest BCUT2D eigenvalue weighted by Gasteiger charge is 2.20. The van der Waals surface area contributed by atoms with Gasteiger partial charge in [-0.3, -0.25) is 15.1 Å². The first kappa shape index (κ1) is 23.7. The third kappa shape index (κ3) is 4.63. The molecule has 35 heavy (non-hydrogen) atoms. The Morgan fingerprint density at radius 2 is 1.63 bits per heavy atom. The van der Waals surface area contributed by atoms with E-state index < -0.39 is 0 Å². The molecule has 0 spiro atoms. The number of benzene rings is 2. The largest absolute Gasteiger partial charge is 0.342 e. The van der Waals surface area contributed by atoms with Crippen LogP contribution in [0.4, 0.5) is 27.7 Å². The zero-order chi connectivity index (χ0) is 25.1. The van der Waals surface area contributed by atoms with E-state index in [9.17, 15) is 9.59 Å². The lowest BCUT2D eigenvalue weighted by Gasteiger charge is -2.29. The topological polar surface area (TPSA) is 90.5 Å². The standard InChI is InChI=1S/C27H28N6O2/c1-17-7-6-8-18(2)25(17)33(5)26-21-13-19(9-11-22(21)29-15-23(26)32(4)16-34)20-10-12-24(30-14-20)31-27(35)28-3/h6-16H,1-5H3,(H2,28,30,31,35). The van der Waals surface area contributed by atoms with E-state index in [4.69, 9.17) is 0 Å².